The summed E-state index contributed by atoms with van der Waals surface area (Å²) >= 11 is 6.01. The third kappa shape index (κ3) is 8.02. The Morgan fingerprint density at radius 3 is 2.05 bits per heavy atom. The van der Waals surface area contributed by atoms with Crippen molar-refractivity contribution in [1.82, 2.24) is 15.5 Å². The van der Waals surface area contributed by atoms with Crippen molar-refractivity contribution in [2.45, 2.75) is 46.3 Å². The molecule has 3 aromatic rings. The smallest absolute Gasteiger partial charge is 0.251 e. The van der Waals surface area contributed by atoms with Gasteiger partial charge in [0.1, 0.15) is 0 Å². The number of nitrogens with one attached hydrogen (secondary N) is 2. The number of likely N-dealkylation sites (tertiary alicyclic amines) is 1. The number of nitrogens with zero attached hydrogens (tertiary/aromatic N) is 1. The van der Waals surface area contributed by atoms with E-state index >= 15 is 0 Å². The molecule has 1 fully saturated rings. The van der Waals surface area contributed by atoms with E-state index in [-0.39, 0.29) is 11.8 Å². The van der Waals surface area contributed by atoms with Gasteiger partial charge >= 0.3 is 0 Å². The first kappa shape index (κ1) is 30.4. The molecule has 0 bridgehead atoms. The van der Waals surface area contributed by atoms with Crippen molar-refractivity contribution >= 4 is 23.4 Å². The van der Waals surface area contributed by atoms with Gasteiger partial charge in [0.05, 0.1) is 14.2 Å². The quantitative estimate of drug-likeness (QED) is 0.299. The fourth-order valence-corrected chi connectivity index (χ4v) is 5.43. The molecule has 1 saturated heterocycles. The van der Waals surface area contributed by atoms with Gasteiger partial charge in [0.2, 0.25) is 5.91 Å². The zero-order valence-electron chi connectivity index (χ0n) is 24.3. The highest BCUT2D eigenvalue weighted by Crippen LogP contribution is 2.36. The van der Waals surface area contributed by atoms with Crippen LogP contribution in [0.2, 0.25) is 5.02 Å². The summed E-state index contributed by atoms with van der Waals surface area (Å²) in [6.07, 6.45) is 1.97. The van der Waals surface area contributed by atoms with Crippen molar-refractivity contribution in [3.05, 3.63) is 94.0 Å². The molecule has 0 aliphatic carbocycles. The highest BCUT2D eigenvalue weighted by Gasteiger charge is 2.38. The van der Waals surface area contributed by atoms with Crippen LogP contribution in [0.5, 0.6) is 11.5 Å². The fraction of sp³-hybridized carbons (Fsp3) is 0.394. The van der Waals surface area contributed by atoms with Crippen LogP contribution >= 0.6 is 11.6 Å². The molecule has 0 aromatic heterocycles. The van der Waals surface area contributed by atoms with Crippen LogP contribution in [0.3, 0.4) is 0 Å². The molecule has 0 radical (unpaired) electrons. The zero-order chi connectivity index (χ0) is 29.4. The predicted octanol–water partition coefficient (Wildman–Crippen LogP) is 5.84. The number of amides is 2. The molecule has 0 spiro atoms. The Morgan fingerprint density at radius 2 is 1.41 bits per heavy atom. The second-order valence-electron chi connectivity index (χ2n) is 11.2. The average Bonchev–Trinajstić information content (AvgIpc) is 3.00. The lowest BCUT2D eigenvalue weighted by Gasteiger charge is -2.39. The lowest BCUT2D eigenvalue weighted by Crippen LogP contribution is -2.46. The maximum atomic E-state index is 13.2. The number of rotatable bonds is 11. The number of ether oxygens (including phenoxy) is 2. The van der Waals surface area contributed by atoms with Gasteiger partial charge in [-0.2, -0.15) is 0 Å². The first-order chi connectivity index (χ1) is 19.7. The van der Waals surface area contributed by atoms with Crippen LogP contribution in [0.4, 0.5) is 0 Å². The van der Waals surface area contributed by atoms with Gasteiger partial charge in [0.25, 0.3) is 5.91 Å². The molecule has 218 valence electrons. The lowest BCUT2D eigenvalue weighted by atomic mass is 9.73. The Labute approximate surface area is 248 Å². The van der Waals surface area contributed by atoms with Gasteiger partial charge in [-0.3, -0.25) is 14.5 Å². The highest BCUT2D eigenvalue weighted by atomic mass is 35.5. The van der Waals surface area contributed by atoms with Gasteiger partial charge in [0.15, 0.2) is 11.5 Å². The molecule has 1 heterocycles. The molecule has 2 N–H and O–H groups in total. The van der Waals surface area contributed by atoms with Crippen molar-refractivity contribution in [2.75, 3.05) is 27.3 Å². The van der Waals surface area contributed by atoms with Crippen LogP contribution < -0.4 is 20.1 Å². The van der Waals surface area contributed by atoms with Crippen LogP contribution in [0, 0.1) is 11.3 Å². The largest absolute Gasteiger partial charge is 0.493 e. The maximum Gasteiger partial charge on any atom is 0.251 e. The minimum Gasteiger partial charge on any atom is -0.493 e. The first-order valence-corrected chi connectivity index (χ1v) is 14.4. The summed E-state index contributed by atoms with van der Waals surface area (Å²) in [5, 5.41) is 6.81. The minimum absolute atomic E-state index is 0.0605. The number of carbonyl (C=O) groups is 2. The number of piperidine rings is 1. The number of hydrogen-bond acceptors (Lipinski definition) is 5. The highest BCUT2D eigenvalue weighted by molar-refractivity contribution is 6.30. The fourth-order valence-electron chi connectivity index (χ4n) is 5.31. The average molecular weight is 578 g/mol. The second-order valence-corrected chi connectivity index (χ2v) is 11.6. The third-order valence-corrected chi connectivity index (χ3v) is 8.34. The molecule has 7 nitrogen and oxygen atoms in total. The molecule has 0 unspecified atom stereocenters. The number of benzene rings is 3. The summed E-state index contributed by atoms with van der Waals surface area (Å²) in [5.41, 5.74) is 3.21. The van der Waals surface area contributed by atoms with E-state index in [1.54, 1.807) is 26.4 Å². The number of hydrogen-bond donors (Lipinski definition) is 2. The predicted molar refractivity (Wildman–Crippen MR) is 162 cm³/mol. The number of carbonyl (C=O) groups excluding carboxylic acids is 2. The molecule has 41 heavy (non-hydrogen) atoms. The number of methoxy groups -OCH3 is 2. The molecule has 3 aromatic carbocycles. The Bertz CT molecular complexity index is 1320. The minimum atomic E-state index is -0.462. The van der Waals surface area contributed by atoms with Crippen LogP contribution in [0.15, 0.2) is 66.7 Å². The van der Waals surface area contributed by atoms with E-state index in [0.29, 0.717) is 36.1 Å². The van der Waals surface area contributed by atoms with Crippen LogP contribution in [0.25, 0.3) is 0 Å². The Morgan fingerprint density at radius 1 is 0.829 bits per heavy atom. The van der Waals surface area contributed by atoms with E-state index in [1.807, 2.05) is 56.3 Å². The molecule has 0 saturated carbocycles. The van der Waals surface area contributed by atoms with Gasteiger partial charge in [-0.05, 0) is 84.9 Å². The van der Waals surface area contributed by atoms with Crippen molar-refractivity contribution in [2.24, 2.45) is 11.3 Å². The first-order valence-electron chi connectivity index (χ1n) is 14.0. The topological polar surface area (TPSA) is 79.9 Å². The summed E-state index contributed by atoms with van der Waals surface area (Å²) in [7, 11) is 3.17. The van der Waals surface area contributed by atoms with E-state index < -0.39 is 5.41 Å². The second kappa shape index (κ2) is 13.9. The molecule has 0 atom stereocenters. The normalized spacial score (nSPS) is 14.4. The molecule has 1 aliphatic rings. The summed E-state index contributed by atoms with van der Waals surface area (Å²) in [4.78, 5) is 28.3. The van der Waals surface area contributed by atoms with Gasteiger partial charge in [-0.1, -0.05) is 55.8 Å². The molecule has 1 aliphatic heterocycles. The maximum absolute atomic E-state index is 13.2. The van der Waals surface area contributed by atoms with Crippen LogP contribution in [0.1, 0.15) is 53.7 Å². The van der Waals surface area contributed by atoms with Crippen LogP contribution in [-0.2, 0) is 24.4 Å². The van der Waals surface area contributed by atoms with E-state index in [2.05, 4.69) is 27.7 Å². The summed E-state index contributed by atoms with van der Waals surface area (Å²) < 4.78 is 10.6. The standard InChI is InChI=1S/C33H40ClN3O4/c1-33(2,27-15-17-37(18-16-27)22-24-7-12-28(34)13-8-24)32(39)36-20-23-5-10-26(11-6-23)31(38)35-21-25-9-14-29(40-3)30(19-25)41-4/h5-14,19,27H,15-18,20-22H2,1-4H3,(H,35,38)(H,36,39). The third-order valence-electron chi connectivity index (χ3n) is 8.08. The van der Waals surface area contributed by atoms with Gasteiger partial charge < -0.3 is 20.1 Å². The SMILES string of the molecule is COc1ccc(CNC(=O)c2ccc(CNC(=O)C(C)(C)C3CCN(Cc4ccc(Cl)cc4)CC3)cc2)cc1OC. The molecular weight excluding hydrogens is 538 g/mol. The zero-order valence-corrected chi connectivity index (χ0v) is 25.1. The van der Waals surface area contributed by atoms with Gasteiger partial charge in [0, 0.05) is 35.6 Å². The van der Waals surface area contributed by atoms with Gasteiger partial charge in [-0.25, -0.2) is 0 Å². The molecule has 4 rings (SSSR count). The number of halogens is 1. The van der Waals surface area contributed by atoms with Gasteiger partial charge in [-0.15, -0.1) is 0 Å². The van der Waals surface area contributed by atoms with E-state index in [4.69, 9.17) is 21.1 Å². The summed E-state index contributed by atoms with van der Waals surface area (Å²) in [6, 6.07) is 20.9. The van der Waals surface area contributed by atoms with Crippen LogP contribution in [-0.4, -0.2) is 44.0 Å². The summed E-state index contributed by atoms with van der Waals surface area (Å²) in [5.74, 6) is 1.47. The molecule has 8 heteroatoms. The van der Waals surface area contributed by atoms with Crippen molar-refractivity contribution in [1.29, 1.82) is 0 Å². The Balaban J connectivity index is 1.22. The molecular formula is C33H40ClN3O4. The van der Waals surface area contributed by atoms with E-state index in [9.17, 15) is 9.59 Å². The van der Waals surface area contributed by atoms with E-state index in [0.717, 1.165) is 48.6 Å². The monoisotopic (exact) mass is 577 g/mol. The molecule has 2 amide bonds. The summed E-state index contributed by atoms with van der Waals surface area (Å²) in [6.45, 7) is 7.73. The Hall–Kier alpha value is -3.55. The van der Waals surface area contributed by atoms with Crippen molar-refractivity contribution in [3.8, 4) is 11.5 Å². The van der Waals surface area contributed by atoms with E-state index in [1.165, 1.54) is 5.56 Å². The van der Waals surface area contributed by atoms with Crippen molar-refractivity contribution in [3.63, 3.8) is 0 Å². The Kier molecular flexibility index (Phi) is 10.3. The lowest BCUT2D eigenvalue weighted by molar-refractivity contribution is -0.133. The van der Waals surface area contributed by atoms with Crippen molar-refractivity contribution < 1.29 is 19.1 Å².